The van der Waals surface area contributed by atoms with Crippen molar-refractivity contribution in [1.29, 1.82) is 0 Å². The molecular formula is C17H27N3O. The average Bonchev–Trinajstić information content (AvgIpc) is 2.45. The standard InChI is InChI=1S/C17H27N3O/c1-17(2,3)19-16(21)13-18-14-7-9-15(10-8-14)20-11-5-4-6-12-20/h7-10,18H,4-6,11-13H2,1-3H3,(H,19,21). The monoisotopic (exact) mass is 289 g/mol. The van der Waals surface area contributed by atoms with E-state index in [1.807, 2.05) is 32.9 Å². The number of carbonyl (C=O) groups excluding carboxylic acids is 1. The van der Waals surface area contributed by atoms with E-state index in [0.717, 1.165) is 18.8 Å². The van der Waals surface area contributed by atoms with Crippen molar-refractivity contribution in [2.75, 3.05) is 29.9 Å². The van der Waals surface area contributed by atoms with Gasteiger partial charge in [0.05, 0.1) is 6.54 Å². The molecule has 0 atom stereocenters. The second-order valence-corrected chi connectivity index (χ2v) is 6.75. The number of nitrogens with one attached hydrogen (secondary N) is 2. The second kappa shape index (κ2) is 6.83. The van der Waals surface area contributed by atoms with Crippen molar-refractivity contribution in [3.8, 4) is 0 Å². The van der Waals surface area contributed by atoms with Crippen LogP contribution in [0.4, 0.5) is 11.4 Å². The Kier molecular flexibility index (Phi) is 5.10. The summed E-state index contributed by atoms with van der Waals surface area (Å²) in [6.45, 7) is 8.57. The lowest BCUT2D eigenvalue weighted by Gasteiger charge is -2.28. The largest absolute Gasteiger partial charge is 0.376 e. The second-order valence-electron chi connectivity index (χ2n) is 6.75. The lowest BCUT2D eigenvalue weighted by Crippen LogP contribution is -2.43. The number of hydrogen-bond acceptors (Lipinski definition) is 3. The number of nitrogens with zero attached hydrogens (tertiary/aromatic N) is 1. The third kappa shape index (κ3) is 5.29. The molecule has 2 N–H and O–H groups in total. The van der Waals surface area contributed by atoms with Crippen molar-refractivity contribution < 1.29 is 4.79 Å². The molecule has 0 saturated carbocycles. The van der Waals surface area contributed by atoms with Gasteiger partial charge in [-0.1, -0.05) is 0 Å². The van der Waals surface area contributed by atoms with E-state index in [9.17, 15) is 4.79 Å². The van der Waals surface area contributed by atoms with Gasteiger partial charge in [0.25, 0.3) is 0 Å². The molecule has 0 unspecified atom stereocenters. The summed E-state index contributed by atoms with van der Waals surface area (Å²) in [5.41, 5.74) is 2.08. The van der Waals surface area contributed by atoms with Crippen molar-refractivity contribution in [3.63, 3.8) is 0 Å². The molecule has 1 heterocycles. The minimum Gasteiger partial charge on any atom is -0.376 e. The van der Waals surface area contributed by atoms with Crippen LogP contribution < -0.4 is 15.5 Å². The molecule has 116 valence electrons. The van der Waals surface area contributed by atoms with Crippen LogP contribution in [0, 0.1) is 0 Å². The van der Waals surface area contributed by atoms with Crippen LogP contribution in [0.1, 0.15) is 40.0 Å². The van der Waals surface area contributed by atoms with Gasteiger partial charge in [0, 0.05) is 30.0 Å². The highest BCUT2D eigenvalue weighted by Gasteiger charge is 2.13. The van der Waals surface area contributed by atoms with Crippen LogP contribution in [-0.2, 0) is 4.79 Å². The van der Waals surface area contributed by atoms with E-state index >= 15 is 0 Å². The maximum Gasteiger partial charge on any atom is 0.239 e. The van der Waals surface area contributed by atoms with Crippen molar-refractivity contribution in [1.82, 2.24) is 5.32 Å². The number of carbonyl (C=O) groups is 1. The molecule has 0 bridgehead atoms. The summed E-state index contributed by atoms with van der Waals surface area (Å²) in [7, 11) is 0. The summed E-state index contributed by atoms with van der Waals surface area (Å²) in [5, 5.41) is 6.11. The Labute approximate surface area is 127 Å². The Balaban J connectivity index is 1.83. The summed E-state index contributed by atoms with van der Waals surface area (Å²) in [5.74, 6) is 0.0163. The first-order valence-corrected chi connectivity index (χ1v) is 7.84. The molecule has 1 aromatic carbocycles. The van der Waals surface area contributed by atoms with E-state index in [1.54, 1.807) is 0 Å². The fourth-order valence-corrected chi connectivity index (χ4v) is 2.59. The first-order valence-electron chi connectivity index (χ1n) is 7.84. The smallest absolute Gasteiger partial charge is 0.239 e. The highest BCUT2D eigenvalue weighted by Crippen LogP contribution is 2.21. The van der Waals surface area contributed by atoms with Crippen LogP contribution in [-0.4, -0.2) is 31.1 Å². The van der Waals surface area contributed by atoms with Crippen LogP contribution in [0.5, 0.6) is 0 Å². The predicted molar refractivity (Wildman–Crippen MR) is 88.9 cm³/mol. The highest BCUT2D eigenvalue weighted by molar-refractivity contribution is 5.81. The van der Waals surface area contributed by atoms with Crippen molar-refractivity contribution in [2.24, 2.45) is 0 Å². The molecule has 1 saturated heterocycles. The van der Waals surface area contributed by atoms with Crippen LogP contribution in [0.15, 0.2) is 24.3 Å². The third-order valence-corrected chi connectivity index (χ3v) is 3.56. The van der Waals surface area contributed by atoms with Gasteiger partial charge in [0.15, 0.2) is 0 Å². The zero-order chi connectivity index (χ0) is 15.3. The Morgan fingerprint density at radius 1 is 1.10 bits per heavy atom. The first kappa shape index (κ1) is 15.7. The molecule has 1 amide bonds. The SMILES string of the molecule is CC(C)(C)NC(=O)CNc1ccc(N2CCCCC2)cc1. The normalized spacial score (nSPS) is 15.7. The summed E-state index contributed by atoms with van der Waals surface area (Å²) in [6, 6.07) is 8.37. The van der Waals surface area contributed by atoms with Crippen LogP contribution in [0.25, 0.3) is 0 Å². The quantitative estimate of drug-likeness (QED) is 0.895. The fourth-order valence-electron chi connectivity index (χ4n) is 2.59. The lowest BCUT2D eigenvalue weighted by atomic mass is 10.1. The number of rotatable bonds is 4. The van der Waals surface area contributed by atoms with Crippen molar-refractivity contribution >= 4 is 17.3 Å². The van der Waals surface area contributed by atoms with Crippen LogP contribution >= 0.6 is 0 Å². The van der Waals surface area contributed by atoms with Gasteiger partial charge in [-0.3, -0.25) is 4.79 Å². The Morgan fingerprint density at radius 3 is 2.29 bits per heavy atom. The van der Waals surface area contributed by atoms with Gasteiger partial charge in [-0.15, -0.1) is 0 Å². The fraction of sp³-hybridized carbons (Fsp3) is 0.588. The van der Waals surface area contributed by atoms with Gasteiger partial charge in [-0.05, 0) is 64.3 Å². The number of amides is 1. The van der Waals surface area contributed by atoms with E-state index in [-0.39, 0.29) is 11.4 Å². The molecule has 4 heteroatoms. The Morgan fingerprint density at radius 2 is 1.71 bits per heavy atom. The number of anilines is 2. The summed E-state index contributed by atoms with van der Waals surface area (Å²) in [6.07, 6.45) is 3.92. The molecule has 4 nitrogen and oxygen atoms in total. The van der Waals surface area contributed by atoms with E-state index in [4.69, 9.17) is 0 Å². The topological polar surface area (TPSA) is 44.4 Å². The van der Waals surface area contributed by atoms with Gasteiger partial charge in [0.1, 0.15) is 0 Å². The number of hydrogen-bond donors (Lipinski definition) is 2. The first-order chi connectivity index (χ1) is 9.94. The maximum absolute atomic E-state index is 11.8. The van der Waals surface area contributed by atoms with E-state index in [0.29, 0.717) is 6.54 Å². The predicted octanol–water partition coefficient (Wildman–Crippen LogP) is 3.00. The maximum atomic E-state index is 11.8. The third-order valence-electron chi connectivity index (χ3n) is 3.56. The van der Waals surface area contributed by atoms with Gasteiger partial charge >= 0.3 is 0 Å². The summed E-state index contributed by atoms with van der Waals surface area (Å²) >= 11 is 0. The van der Waals surface area contributed by atoms with E-state index in [2.05, 4.69) is 27.7 Å². The van der Waals surface area contributed by atoms with E-state index in [1.165, 1.54) is 24.9 Å². The molecule has 21 heavy (non-hydrogen) atoms. The number of piperidine rings is 1. The van der Waals surface area contributed by atoms with Crippen LogP contribution in [0.3, 0.4) is 0 Å². The minimum absolute atomic E-state index is 0.0163. The van der Waals surface area contributed by atoms with E-state index < -0.39 is 0 Å². The van der Waals surface area contributed by atoms with Gasteiger partial charge < -0.3 is 15.5 Å². The van der Waals surface area contributed by atoms with Crippen molar-refractivity contribution in [3.05, 3.63) is 24.3 Å². The summed E-state index contributed by atoms with van der Waals surface area (Å²) in [4.78, 5) is 14.2. The molecular weight excluding hydrogens is 262 g/mol. The Hall–Kier alpha value is -1.71. The molecule has 0 aliphatic carbocycles. The summed E-state index contributed by atoms with van der Waals surface area (Å²) < 4.78 is 0. The minimum atomic E-state index is -0.184. The molecule has 1 aliphatic heterocycles. The molecule has 0 aromatic heterocycles. The molecule has 1 fully saturated rings. The van der Waals surface area contributed by atoms with Gasteiger partial charge in [-0.2, -0.15) is 0 Å². The zero-order valence-electron chi connectivity index (χ0n) is 13.4. The molecule has 1 aliphatic rings. The molecule has 0 radical (unpaired) electrons. The molecule has 2 rings (SSSR count). The lowest BCUT2D eigenvalue weighted by molar-refractivity contribution is -0.120. The van der Waals surface area contributed by atoms with Gasteiger partial charge in [0.2, 0.25) is 5.91 Å². The van der Waals surface area contributed by atoms with Crippen molar-refractivity contribution in [2.45, 2.75) is 45.6 Å². The van der Waals surface area contributed by atoms with Crippen LogP contribution in [0.2, 0.25) is 0 Å². The highest BCUT2D eigenvalue weighted by atomic mass is 16.2. The average molecular weight is 289 g/mol. The zero-order valence-corrected chi connectivity index (χ0v) is 13.4. The molecule has 1 aromatic rings. The molecule has 0 spiro atoms. The van der Waals surface area contributed by atoms with Gasteiger partial charge in [-0.25, -0.2) is 0 Å². The Bertz CT molecular complexity index is 456. The number of benzene rings is 1.